The Morgan fingerprint density at radius 1 is 0.958 bits per heavy atom. The molecule has 2 aromatic rings. The van der Waals surface area contributed by atoms with Crippen LogP contribution in [0.2, 0.25) is 0 Å². The quantitative estimate of drug-likeness (QED) is 0.878. The molecule has 0 aliphatic carbocycles. The summed E-state index contributed by atoms with van der Waals surface area (Å²) >= 11 is 0. The summed E-state index contributed by atoms with van der Waals surface area (Å²) in [4.78, 5) is 14.1. The highest BCUT2D eigenvalue weighted by Crippen LogP contribution is 2.41. The van der Waals surface area contributed by atoms with Gasteiger partial charge in [0.2, 0.25) is 5.91 Å². The van der Waals surface area contributed by atoms with Crippen molar-refractivity contribution in [3.63, 3.8) is 0 Å². The van der Waals surface area contributed by atoms with E-state index in [1.165, 1.54) is 5.56 Å². The summed E-state index contributed by atoms with van der Waals surface area (Å²) in [7, 11) is 3.19. The number of nitrogens with zero attached hydrogens (tertiary/aromatic N) is 1. The van der Waals surface area contributed by atoms with Crippen molar-refractivity contribution in [2.45, 2.75) is 25.9 Å². The Bertz CT molecular complexity index is 788. The third-order valence-electron chi connectivity index (χ3n) is 4.66. The fourth-order valence-corrected chi connectivity index (χ4v) is 3.07. The lowest BCUT2D eigenvalue weighted by Crippen LogP contribution is -2.63. The highest BCUT2D eigenvalue weighted by atomic mass is 16.5. The van der Waals surface area contributed by atoms with Crippen LogP contribution in [-0.2, 0) is 4.79 Å². The monoisotopic (exact) mass is 326 g/mol. The van der Waals surface area contributed by atoms with Gasteiger partial charge < -0.3 is 20.1 Å². The van der Waals surface area contributed by atoms with Gasteiger partial charge in [-0.15, -0.1) is 0 Å². The maximum Gasteiger partial charge on any atom is 0.247 e. The van der Waals surface area contributed by atoms with Crippen LogP contribution in [0.1, 0.15) is 22.7 Å². The molecule has 5 nitrogen and oxygen atoms in total. The third-order valence-corrected chi connectivity index (χ3v) is 4.66. The molecule has 1 aliphatic rings. The number of anilines is 1. The predicted molar refractivity (Wildman–Crippen MR) is 93.7 cm³/mol. The first kappa shape index (κ1) is 16.3. The van der Waals surface area contributed by atoms with E-state index in [-0.39, 0.29) is 11.9 Å². The van der Waals surface area contributed by atoms with Crippen LogP contribution in [0.5, 0.6) is 11.5 Å². The van der Waals surface area contributed by atoms with E-state index in [0.717, 1.165) is 16.8 Å². The lowest BCUT2D eigenvalue weighted by molar-refractivity contribution is -0.126. The number of aryl methyl sites for hydroxylation is 2. The fraction of sp³-hybridized carbons (Fsp3) is 0.316. The molecule has 1 fully saturated rings. The van der Waals surface area contributed by atoms with Crippen LogP contribution >= 0.6 is 0 Å². The second-order valence-electron chi connectivity index (χ2n) is 6.06. The number of benzene rings is 2. The summed E-state index contributed by atoms with van der Waals surface area (Å²) in [6, 6.07) is 10.9. The largest absolute Gasteiger partial charge is 0.493 e. The molecule has 1 saturated heterocycles. The van der Waals surface area contributed by atoms with E-state index in [9.17, 15) is 4.79 Å². The van der Waals surface area contributed by atoms with Crippen LogP contribution in [0.15, 0.2) is 36.4 Å². The maximum absolute atomic E-state index is 12.4. The van der Waals surface area contributed by atoms with Gasteiger partial charge in [-0.25, -0.2) is 0 Å². The standard InChI is InChI=1S/C19H22N2O3/c1-11-5-7-14(9-12(11)2)21-18(17(20)19(21)22)13-6-8-15(23-3)16(10-13)24-4/h5-10,17-18H,20H2,1-4H3/t17-,18-/m1/s1. The summed E-state index contributed by atoms with van der Waals surface area (Å²) in [6.45, 7) is 4.09. The number of methoxy groups -OCH3 is 2. The average molecular weight is 326 g/mol. The molecule has 3 rings (SSSR count). The molecule has 0 aromatic heterocycles. The Morgan fingerprint density at radius 2 is 1.67 bits per heavy atom. The predicted octanol–water partition coefficient (Wildman–Crippen LogP) is 2.74. The molecule has 0 unspecified atom stereocenters. The van der Waals surface area contributed by atoms with E-state index in [4.69, 9.17) is 15.2 Å². The summed E-state index contributed by atoms with van der Waals surface area (Å²) in [5.41, 5.74) is 10.2. The first-order valence-corrected chi connectivity index (χ1v) is 7.85. The van der Waals surface area contributed by atoms with Gasteiger partial charge in [0.1, 0.15) is 6.04 Å². The minimum Gasteiger partial charge on any atom is -0.493 e. The molecule has 5 heteroatoms. The number of ether oxygens (including phenoxy) is 2. The van der Waals surface area contributed by atoms with E-state index >= 15 is 0 Å². The van der Waals surface area contributed by atoms with Crippen LogP contribution in [-0.4, -0.2) is 26.2 Å². The SMILES string of the molecule is COc1ccc([C@@H]2[C@@H](N)C(=O)N2c2ccc(C)c(C)c2)cc1OC. The Hall–Kier alpha value is -2.53. The lowest BCUT2D eigenvalue weighted by atomic mass is 9.88. The van der Waals surface area contributed by atoms with Gasteiger partial charge in [0.05, 0.1) is 20.3 Å². The molecule has 1 amide bonds. The Morgan fingerprint density at radius 3 is 2.29 bits per heavy atom. The van der Waals surface area contributed by atoms with Crippen LogP contribution < -0.4 is 20.1 Å². The van der Waals surface area contributed by atoms with Gasteiger partial charge in [-0.05, 0) is 54.8 Å². The smallest absolute Gasteiger partial charge is 0.247 e. The van der Waals surface area contributed by atoms with E-state index < -0.39 is 6.04 Å². The summed E-state index contributed by atoms with van der Waals surface area (Å²) in [5.74, 6) is 1.21. The van der Waals surface area contributed by atoms with Crippen LogP contribution in [0, 0.1) is 13.8 Å². The number of amides is 1. The Labute approximate surface area is 142 Å². The number of hydrogen-bond donors (Lipinski definition) is 1. The second kappa shape index (κ2) is 6.17. The van der Waals surface area contributed by atoms with Gasteiger partial charge in [-0.1, -0.05) is 12.1 Å². The third kappa shape index (κ3) is 2.51. The second-order valence-corrected chi connectivity index (χ2v) is 6.06. The fourth-order valence-electron chi connectivity index (χ4n) is 3.07. The molecule has 0 spiro atoms. The number of β-lactam (4-membered cyclic amide) rings is 1. The molecule has 0 bridgehead atoms. The van der Waals surface area contributed by atoms with E-state index in [0.29, 0.717) is 11.5 Å². The minimum absolute atomic E-state index is 0.0713. The van der Waals surface area contributed by atoms with E-state index in [2.05, 4.69) is 6.92 Å². The van der Waals surface area contributed by atoms with Crippen molar-refractivity contribution in [3.05, 3.63) is 53.1 Å². The van der Waals surface area contributed by atoms with Crippen molar-refractivity contribution in [2.24, 2.45) is 5.73 Å². The molecule has 1 heterocycles. The molecule has 0 saturated carbocycles. The van der Waals surface area contributed by atoms with E-state index in [1.807, 2.05) is 43.3 Å². The number of hydrogen-bond acceptors (Lipinski definition) is 4. The topological polar surface area (TPSA) is 64.8 Å². The normalized spacial score (nSPS) is 19.9. The van der Waals surface area contributed by atoms with Crippen LogP contribution in [0.4, 0.5) is 5.69 Å². The zero-order chi connectivity index (χ0) is 17.4. The number of nitrogens with two attached hydrogens (primary N) is 1. The molecule has 2 atom stereocenters. The van der Waals surface area contributed by atoms with Gasteiger partial charge in [-0.3, -0.25) is 4.79 Å². The van der Waals surface area contributed by atoms with Crippen LogP contribution in [0.3, 0.4) is 0 Å². The maximum atomic E-state index is 12.4. The molecule has 1 aliphatic heterocycles. The average Bonchev–Trinajstić information content (AvgIpc) is 2.60. The Balaban J connectivity index is 1.99. The summed E-state index contributed by atoms with van der Waals surface area (Å²) in [6.07, 6.45) is 0. The molecule has 0 radical (unpaired) electrons. The van der Waals surface area contributed by atoms with Crippen molar-refractivity contribution in [3.8, 4) is 11.5 Å². The number of carbonyl (C=O) groups excluding carboxylic acids is 1. The lowest BCUT2D eigenvalue weighted by Gasteiger charge is -2.45. The first-order chi connectivity index (χ1) is 11.5. The van der Waals surface area contributed by atoms with Gasteiger partial charge in [0.25, 0.3) is 0 Å². The summed E-state index contributed by atoms with van der Waals surface area (Å²) < 4.78 is 10.6. The zero-order valence-corrected chi connectivity index (χ0v) is 14.4. The van der Waals surface area contributed by atoms with Crippen molar-refractivity contribution in [2.75, 3.05) is 19.1 Å². The van der Waals surface area contributed by atoms with E-state index in [1.54, 1.807) is 19.1 Å². The van der Waals surface area contributed by atoms with Crippen LogP contribution in [0.25, 0.3) is 0 Å². The molecule has 126 valence electrons. The van der Waals surface area contributed by atoms with Gasteiger partial charge in [0, 0.05) is 5.69 Å². The van der Waals surface area contributed by atoms with Gasteiger partial charge in [0.15, 0.2) is 11.5 Å². The molecular weight excluding hydrogens is 304 g/mol. The highest BCUT2D eigenvalue weighted by molar-refractivity contribution is 6.05. The van der Waals surface area contributed by atoms with Crippen molar-refractivity contribution >= 4 is 11.6 Å². The molecule has 24 heavy (non-hydrogen) atoms. The number of rotatable bonds is 4. The highest BCUT2D eigenvalue weighted by Gasteiger charge is 2.46. The van der Waals surface area contributed by atoms with Crippen molar-refractivity contribution < 1.29 is 14.3 Å². The van der Waals surface area contributed by atoms with Crippen molar-refractivity contribution in [1.29, 1.82) is 0 Å². The molecule has 2 aromatic carbocycles. The molecule has 2 N–H and O–H groups in total. The summed E-state index contributed by atoms with van der Waals surface area (Å²) in [5, 5.41) is 0. The van der Waals surface area contributed by atoms with Gasteiger partial charge in [-0.2, -0.15) is 0 Å². The first-order valence-electron chi connectivity index (χ1n) is 7.85. The Kier molecular flexibility index (Phi) is 4.20. The van der Waals surface area contributed by atoms with Gasteiger partial charge >= 0.3 is 0 Å². The molecular formula is C19H22N2O3. The van der Waals surface area contributed by atoms with Crippen molar-refractivity contribution in [1.82, 2.24) is 0 Å². The minimum atomic E-state index is -0.551. The number of carbonyl (C=O) groups is 1. The zero-order valence-electron chi connectivity index (χ0n) is 14.4.